The normalized spacial score (nSPS) is 11.5. The number of amides is 1. The van der Waals surface area contributed by atoms with E-state index in [-0.39, 0.29) is 34.3 Å². The fraction of sp³-hybridized carbons (Fsp3) is 0.227. The molecule has 1 amide bonds. The number of hydrogen-bond acceptors (Lipinski definition) is 6. The molecule has 33 heavy (non-hydrogen) atoms. The predicted molar refractivity (Wildman–Crippen MR) is 125 cm³/mol. The number of rotatable bonds is 8. The Hall–Kier alpha value is -3.21. The van der Waals surface area contributed by atoms with Crippen LogP contribution in [-0.2, 0) is 19.6 Å². The van der Waals surface area contributed by atoms with Crippen molar-refractivity contribution in [2.75, 3.05) is 25.0 Å². The average Bonchev–Trinajstić information content (AvgIpc) is 2.78. The van der Waals surface area contributed by atoms with Crippen molar-refractivity contribution in [3.8, 4) is 0 Å². The van der Waals surface area contributed by atoms with Crippen molar-refractivity contribution in [1.29, 1.82) is 0 Å². The molecule has 2 aromatic carbocycles. The lowest BCUT2D eigenvalue weighted by Gasteiger charge is -2.19. The number of esters is 1. The Kier molecular flexibility index (Phi) is 7.52. The zero-order chi connectivity index (χ0) is 24.2. The first kappa shape index (κ1) is 24.4. The van der Waals surface area contributed by atoms with Crippen LogP contribution in [-0.4, -0.2) is 49.3 Å². The second-order valence-corrected chi connectivity index (χ2v) is 9.29. The van der Waals surface area contributed by atoms with Gasteiger partial charge in [-0.2, -0.15) is 4.31 Å². The van der Waals surface area contributed by atoms with Gasteiger partial charge in [0.05, 0.1) is 21.2 Å². The highest BCUT2D eigenvalue weighted by atomic mass is 35.5. The van der Waals surface area contributed by atoms with Crippen molar-refractivity contribution in [2.24, 2.45) is 0 Å². The first-order valence-corrected chi connectivity index (χ1v) is 11.9. The topological polar surface area (TPSA) is 126 Å². The molecule has 0 saturated heterocycles. The predicted octanol–water partition coefficient (Wildman–Crippen LogP) is 3.01. The number of sulfonamides is 1. The minimum Gasteiger partial charge on any atom is -0.452 e. The van der Waals surface area contributed by atoms with Crippen molar-refractivity contribution in [2.45, 2.75) is 18.7 Å². The van der Waals surface area contributed by atoms with E-state index in [0.717, 1.165) is 6.07 Å². The molecule has 9 nitrogen and oxygen atoms in total. The molecule has 0 bridgehead atoms. The number of pyridine rings is 1. The van der Waals surface area contributed by atoms with Crippen molar-refractivity contribution >= 4 is 50.1 Å². The maximum absolute atomic E-state index is 12.7. The lowest BCUT2D eigenvalue weighted by molar-refractivity contribution is -0.119. The SMILES string of the molecule is CCN(CC)S(=O)(=O)c1ccc(Cl)c(NC(=O)COC(=O)c2cc(=O)[nH]c3ccccc23)c1. The fourth-order valence-corrected chi connectivity index (χ4v) is 4.89. The minimum absolute atomic E-state index is 0.0208. The number of fused-ring (bicyclic) bond motifs is 1. The van der Waals surface area contributed by atoms with E-state index in [1.807, 2.05) is 0 Å². The van der Waals surface area contributed by atoms with Gasteiger partial charge in [-0.25, -0.2) is 13.2 Å². The number of ether oxygens (including phenoxy) is 1. The van der Waals surface area contributed by atoms with Crippen LogP contribution in [0.5, 0.6) is 0 Å². The molecule has 11 heteroatoms. The highest BCUT2D eigenvalue weighted by molar-refractivity contribution is 7.89. The summed E-state index contributed by atoms with van der Waals surface area (Å²) < 4.78 is 31.8. The number of para-hydroxylation sites is 1. The maximum Gasteiger partial charge on any atom is 0.339 e. The summed E-state index contributed by atoms with van der Waals surface area (Å²) in [5.74, 6) is -1.58. The molecule has 0 atom stereocenters. The molecule has 0 spiro atoms. The monoisotopic (exact) mass is 491 g/mol. The Labute approximate surface area is 195 Å². The molecule has 3 aromatic rings. The summed E-state index contributed by atoms with van der Waals surface area (Å²) in [5.41, 5.74) is 0.0579. The smallest absolute Gasteiger partial charge is 0.339 e. The third-order valence-corrected chi connectivity index (χ3v) is 7.24. The largest absolute Gasteiger partial charge is 0.452 e. The summed E-state index contributed by atoms with van der Waals surface area (Å²) in [6.07, 6.45) is 0. The van der Waals surface area contributed by atoms with Crippen LogP contribution < -0.4 is 10.9 Å². The van der Waals surface area contributed by atoms with Crippen LogP contribution in [0.25, 0.3) is 10.9 Å². The van der Waals surface area contributed by atoms with E-state index in [4.69, 9.17) is 16.3 Å². The van der Waals surface area contributed by atoms with Gasteiger partial charge in [-0.15, -0.1) is 0 Å². The lowest BCUT2D eigenvalue weighted by atomic mass is 10.1. The molecule has 0 aliphatic rings. The Balaban J connectivity index is 1.74. The second kappa shape index (κ2) is 10.2. The van der Waals surface area contributed by atoms with Gasteiger partial charge < -0.3 is 15.0 Å². The first-order valence-electron chi connectivity index (χ1n) is 10.1. The molecule has 0 unspecified atom stereocenters. The number of benzene rings is 2. The van der Waals surface area contributed by atoms with Crippen molar-refractivity contribution in [3.63, 3.8) is 0 Å². The van der Waals surface area contributed by atoms with E-state index < -0.39 is 34.1 Å². The fourth-order valence-electron chi connectivity index (χ4n) is 3.24. The summed E-state index contributed by atoms with van der Waals surface area (Å²) >= 11 is 6.11. The molecule has 0 fully saturated rings. The lowest BCUT2D eigenvalue weighted by Crippen LogP contribution is -2.30. The summed E-state index contributed by atoms with van der Waals surface area (Å²) in [7, 11) is -3.76. The van der Waals surface area contributed by atoms with E-state index in [1.165, 1.54) is 22.5 Å². The third-order valence-electron chi connectivity index (χ3n) is 4.86. The van der Waals surface area contributed by atoms with Gasteiger partial charge in [0.25, 0.3) is 5.91 Å². The third kappa shape index (κ3) is 5.41. The second-order valence-electron chi connectivity index (χ2n) is 6.95. The minimum atomic E-state index is -3.76. The van der Waals surface area contributed by atoms with Crippen LogP contribution in [0.1, 0.15) is 24.2 Å². The van der Waals surface area contributed by atoms with Crippen LogP contribution in [0.3, 0.4) is 0 Å². The number of hydrogen-bond donors (Lipinski definition) is 2. The number of anilines is 1. The van der Waals surface area contributed by atoms with Crippen molar-refractivity contribution < 1.29 is 22.7 Å². The van der Waals surface area contributed by atoms with E-state index in [1.54, 1.807) is 38.1 Å². The van der Waals surface area contributed by atoms with Crippen LogP contribution >= 0.6 is 11.6 Å². The van der Waals surface area contributed by atoms with Crippen molar-refractivity contribution in [3.05, 3.63) is 69.5 Å². The van der Waals surface area contributed by atoms with Crippen LogP contribution in [0, 0.1) is 0 Å². The van der Waals surface area contributed by atoms with Gasteiger partial charge >= 0.3 is 5.97 Å². The quantitative estimate of drug-likeness (QED) is 0.466. The highest BCUT2D eigenvalue weighted by Gasteiger charge is 2.23. The zero-order valence-electron chi connectivity index (χ0n) is 17.9. The molecule has 1 aromatic heterocycles. The number of aromatic nitrogens is 1. The van der Waals surface area contributed by atoms with Crippen molar-refractivity contribution in [1.82, 2.24) is 9.29 Å². The summed E-state index contributed by atoms with van der Waals surface area (Å²) in [6.45, 7) is 3.35. The summed E-state index contributed by atoms with van der Waals surface area (Å²) in [5, 5.41) is 3.05. The Morgan fingerprint density at radius 3 is 2.48 bits per heavy atom. The highest BCUT2D eigenvalue weighted by Crippen LogP contribution is 2.27. The molecule has 0 aliphatic carbocycles. The molecule has 3 rings (SSSR count). The number of nitrogens with one attached hydrogen (secondary N) is 2. The van der Waals surface area contributed by atoms with Gasteiger partial charge in [0.15, 0.2) is 6.61 Å². The Morgan fingerprint density at radius 2 is 1.79 bits per heavy atom. The van der Waals surface area contributed by atoms with Gasteiger partial charge in [-0.3, -0.25) is 9.59 Å². The van der Waals surface area contributed by atoms with Gasteiger partial charge in [-0.05, 0) is 24.3 Å². The van der Waals surface area contributed by atoms with Gasteiger partial charge in [-0.1, -0.05) is 43.6 Å². The van der Waals surface area contributed by atoms with Crippen LogP contribution in [0.4, 0.5) is 5.69 Å². The molecule has 2 N–H and O–H groups in total. The Morgan fingerprint density at radius 1 is 1.09 bits per heavy atom. The number of aromatic amines is 1. The first-order chi connectivity index (χ1) is 15.7. The summed E-state index contributed by atoms with van der Waals surface area (Å²) in [6, 6.07) is 11.8. The zero-order valence-corrected chi connectivity index (χ0v) is 19.5. The average molecular weight is 492 g/mol. The number of halogens is 1. The molecule has 1 heterocycles. The number of H-pyrrole nitrogens is 1. The Bertz CT molecular complexity index is 1370. The van der Waals surface area contributed by atoms with E-state index in [0.29, 0.717) is 10.9 Å². The van der Waals surface area contributed by atoms with E-state index in [9.17, 15) is 22.8 Å². The number of carbonyl (C=O) groups is 2. The standard InChI is InChI=1S/C22H22ClN3O6S/c1-3-26(4-2)33(30,31)14-9-10-17(23)19(11-14)25-21(28)13-32-22(29)16-12-20(27)24-18-8-6-5-7-15(16)18/h5-12H,3-4,13H2,1-2H3,(H,24,27)(H,25,28). The van der Waals surface area contributed by atoms with Crippen LogP contribution in [0.15, 0.2) is 58.2 Å². The van der Waals surface area contributed by atoms with Gasteiger partial charge in [0.1, 0.15) is 0 Å². The molecular formula is C22H22ClN3O6S. The molecule has 0 radical (unpaired) electrons. The summed E-state index contributed by atoms with van der Waals surface area (Å²) in [4.78, 5) is 39.3. The van der Waals surface area contributed by atoms with Crippen LogP contribution in [0.2, 0.25) is 5.02 Å². The van der Waals surface area contributed by atoms with Gasteiger partial charge in [0, 0.05) is 30.1 Å². The van der Waals surface area contributed by atoms with Gasteiger partial charge in [0.2, 0.25) is 15.6 Å². The number of nitrogens with zero attached hydrogens (tertiary/aromatic N) is 1. The van der Waals surface area contributed by atoms with E-state index in [2.05, 4.69) is 10.3 Å². The molecule has 174 valence electrons. The van der Waals surface area contributed by atoms with E-state index >= 15 is 0 Å². The molecule has 0 saturated carbocycles. The number of carbonyl (C=O) groups excluding carboxylic acids is 2. The molecule has 0 aliphatic heterocycles. The molecular weight excluding hydrogens is 470 g/mol. The maximum atomic E-state index is 12.7.